The molecule has 0 aromatic heterocycles. The SMILES string of the molecule is C=C(C=PP)OC. The number of rotatable bonds is 2. The van der Waals surface area contributed by atoms with Crippen LogP contribution >= 0.6 is 16.8 Å². The normalized spacial score (nSPS) is 9.43. The maximum atomic E-state index is 4.72. The molecule has 7 heavy (non-hydrogen) atoms. The smallest absolute Gasteiger partial charge is 0.116 e. The fourth-order valence-corrected chi connectivity index (χ4v) is 0.906. The van der Waals surface area contributed by atoms with Crippen LogP contribution in [0.5, 0.6) is 0 Å². The van der Waals surface area contributed by atoms with Crippen LogP contribution < -0.4 is 0 Å². The van der Waals surface area contributed by atoms with Gasteiger partial charge in [-0.15, -0.1) is 0 Å². The van der Waals surface area contributed by atoms with E-state index >= 15 is 0 Å². The van der Waals surface area contributed by atoms with Crippen LogP contribution in [0.15, 0.2) is 12.3 Å². The highest BCUT2D eigenvalue weighted by atomic mass is 32.0. The van der Waals surface area contributed by atoms with Crippen LogP contribution in [-0.2, 0) is 4.74 Å². The molecule has 0 aliphatic carbocycles. The first-order chi connectivity index (χ1) is 3.31. The first-order valence-electron chi connectivity index (χ1n) is 1.77. The molecule has 0 saturated carbocycles. The molecule has 3 heteroatoms. The van der Waals surface area contributed by atoms with Crippen molar-refractivity contribution in [1.82, 2.24) is 0 Å². The molecular formula is C4H8OP2. The summed E-state index contributed by atoms with van der Waals surface area (Å²) in [6.45, 7) is 3.56. The van der Waals surface area contributed by atoms with Crippen LogP contribution in [-0.4, -0.2) is 12.9 Å². The molecule has 0 aliphatic rings. The van der Waals surface area contributed by atoms with Crippen LogP contribution in [0.4, 0.5) is 0 Å². The van der Waals surface area contributed by atoms with Crippen LogP contribution in [0.1, 0.15) is 0 Å². The minimum absolute atomic E-state index is 0.719. The second-order valence-corrected chi connectivity index (χ2v) is 2.40. The zero-order chi connectivity index (χ0) is 5.70. The van der Waals surface area contributed by atoms with Gasteiger partial charge in [0, 0.05) is 5.80 Å². The van der Waals surface area contributed by atoms with Gasteiger partial charge in [0.05, 0.1) is 7.11 Å². The summed E-state index contributed by atoms with van der Waals surface area (Å²) >= 11 is 0. The van der Waals surface area contributed by atoms with E-state index in [0.29, 0.717) is 0 Å². The summed E-state index contributed by atoms with van der Waals surface area (Å²) in [7, 11) is 5.24. The largest absolute Gasteiger partial charge is 0.497 e. The molecule has 0 aromatic rings. The van der Waals surface area contributed by atoms with Gasteiger partial charge in [0.2, 0.25) is 0 Å². The van der Waals surface area contributed by atoms with E-state index in [1.54, 1.807) is 7.11 Å². The molecule has 1 nitrogen and oxygen atoms in total. The molecule has 0 N–H and O–H groups in total. The van der Waals surface area contributed by atoms with Gasteiger partial charge in [0.1, 0.15) is 5.76 Å². The maximum Gasteiger partial charge on any atom is 0.116 e. The fraction of sp³-hybridized carbons (Fsp3) is 0.250. The minimum Gasteiger partial charge on any atom is -0.497 e. The van der Waals surface area contributed by atoms with Gasteiger partial charge in [-0.1, -0.05) is 23.4 Å². The number of hydrogen-bond acceptors (Lipinski definition) is 1. The molecule has 1 unspecified atom stereocenters. The number of methoxy groups -OCH3 is 1. The lowest BCUT2D eigenvalue weighted by Gasteiger charge is -1.91. The van der Waals surface area contributed by atoms with Crippen molar-refractivity contribution in [2.75, 3.05) is 7.11 Å². The molecule has 0 amide bonds. The molecule has 0 spiro atoms. The van der Waals surface area contributed by atoms with Gasteiger partial charge in [-0.25, -0.2) is 0 Å². The van der Waals surface area contributed by atoms with E-state index < -0.39 is 0 Å². The van der Waals surface area contributed by atoms with E-state index in [1.807, 2.05) is 5.80 Å². The number of ether oxygens (including phenoxy) is 1. The first kappa shape index (κ1) is 7.14. The molecule has 0 heterocycles. The summed E-state index contributed by atoms with van der Waals surface area (Å²) in [6, 6.07) is 0. The second-order valence-electron chi connectivity index (χ2n) is 0.949. The molecule has 0 bridgehead atoms. The third-order valence-corrected chi connectivity index (χ3v) is 1.36. The highest BCUT2D eigenvalue weighted by molar-refractivity contribution is 8.01. The van der Waals surface area contributed by atoms with Crippen molar-refractivity contribution in [3.8, 4) is 0 Å². The molecule has 1 atom stereocenters. The van der Waals surface area contributed by atoms with E-state index in [9.17, 15) is 0 Å². The highest BCUT2D eigenvalue weighted by Crippen LogP contribution is 2.06. The van der Waals surface area contributed by atoms with Crippen molar-refractivity contribution >= 4 is 22.6 Å². The van der Waals surface area contributed by atoms with Crippen molar-refractivity contribution in [2.24, 2.45) is 0 Å². The Morgan fingerprint density at radius 1 is 2.00 bits per heavy atom. The zero-order valence-corrected chi connectivity index (χ0v) is 6.27. The van der Waals surface area contributed by atoms with Gasteiger partial charge in [-0.05, 0) is 0 Å². The van der Waals surface area contributed by atoms with Crippen molar-refractivity contribution in [1.29, 1.82) is 0 Å². The van der Waals surface area contributed by atoms with Crippen molar-refractivity contribution in [3.05, 3.63) is 12.3 Å². The Bertz CT molecular complexity index is 87.7. The molecule has 0 aromatic carbocycles. The van der Waals surface area contributed by atoms with E-state index in [2.05, 4.69) is 15.5 Å². The van der Waals surface area contributed by atoms with E-state index in [-0.39, 0.29) is 0 Å². The predicted molar refractivity (Wildman–Crippen MR) is 38.8 cm³/mol. The summed E-state index contributed by atoms with van der Waals surface area (Å²) in [6.07, 6.45) is 0. The van der Waals surface area contributed by atoms with Crippen LogP contribution in [0.25, 0.3) is 0 Å². The van der Waals surface area contributed by atoms with Gasteiger partial charge in [0.15, 0.2) is 0 Å². The molecule has 0 radical (unpaired) electrons. The second kappa shape index (κ2) is 4.30. The summed E-state index contributed by atoms with van der Waals surface area (Å²) in [5.74, 6) is 2.58. The monoisotopic (exact) mass is 134 g/mol. The third-order valence-electron chi connectivity index (χ3n) is 0.481. The minimum atomic E-state index is 0.719. The Morgan fingerprint density at radius 3 is 2.71 bits per heavy atom. The average molecular weight is 134 g/mol. The van der Waals surface area contributed by atoms with E-state index in [4.69, 9.17) is 4.74 Å². The Hall–Kier alpha value is 0.140. The molecule has 0 saturated heterocycles. The summed E-state index contributed by atoms with van der Waals surface area (Å²) in [4.78, 5) is 0. The zero-order valence-electron chi connectivity index (χ0n) is 4.22. The van der Waals surface area contributed by atoms with Gasteiger partial charge < -0.3 is 4.74 Å². The third kappa shape index (κ3) is 3.98. The molecule has 0 aliphatic heterocycles. The van der Waals surface area contributed by atoms with E-state index in [0.717, 1.165) is 13.7 Å². The van der Waals surface area contributed by atoms with E-state index in [1.165, 1.54) is 0 Å². The van der Waals surface area contributed by atoms with Crippen molar-refractivity contribution in [3.63, 3.8) is 0 Å². The van der Waals surface area contributed by atoms with Gasteiger partial charge >= 0.3 is 0 Å². The van der Waals surface area contributed by atoms with Gasteiger partial charge in [0.25, 0.3) is 0 Å². The molecule has 0 fully saturated rings. The predicted octanol–water partition coefficient (Wildman–Crippen LogP) is 1.68. The summed E-state index contributed by atoms with van der Waals surface area (Å²) in [5.41, 5.74) is 0. The van der Waals surface area contributed by atoms with Crippen molar-refractivity contribution in [2.45, 2.75) is 0 Å². The van der Waals surface area contributed by atoms with Crippen LogP contribution in [0.3, 0.4) is 0 Å². The number of allylic oxidation sites excluding steroid dienone is 1. The lowest BCUT2D eigenvalue weighted by Crippen LogP contribution is -1.79. The first-order valence-corrected chi connectivity index (χ1v) is 4.35. The summed E-state index contributed by atoms with van der Waals surface area (Å²) in [5, 5.41) is 0. The Kier molecular flexibility index (Phi) is 4.39. The quantitative estimate of drug-likeness (QED) is 0.412. The van der Waals surface area contributed by atoms with Crippen molar-refractivity contribution < 1.29 is 4.74 Å². The molecule has 0 rings (SSSR count). The highest BCUT2D eigenvalue weighted by Gasteiger charge is 1.75. The Balaban J connectivity index is 3.37. The average Bonchev–Trinajstić information content (AvgIpc) is 1.68. The van der Waals surface area contributed by atoms with Crippen LogP contribution in [0.2, 0.25) is 0 Å². The summed E-state index contributed by atoms with van der Waals surface area (Å²) < 4.78 is 4.72. The molecular weight excluding hydrogens is 126 g/mol. The Labute approximate surface area is 47.7 Å². The topological polar surface area (TPSA) is 9.23 Å². The van der Waals surface area contributed by atoms with Gasteiger partial charge in [-0.2, -0.15) is 0 Å². The Morgan fingerprint density at radius 2 is 2.57 bits per heavy atom. The molecule has 40 valence electrons. The lowest BCUT2D eigenvalue weighted by atomic mass is 10.7. The van der Waals surface area contributed by atoms with Crippen LogP contribution in [0, 0.1) is 0 Å². The fourth-order valence-electron chi connectivity index (χ4n) is 0.136. The maximum absolute atomic E-state index is 4.72. The lowest BCUT2D eigenvalue weighted by molar-refractivity contribution is 0.320. The van der Waals surface area contributed by atoms with Gasteiger partial charge in [-0.3, -0.25) is 0 Å². The standard InChI is InChI=1S/C4H8OP2/c1-4(5-2)3-7-6/h3H,1,6H2,2H3. The number of hydrogen-bond donors (Lipinski definition) is 0.